The summed E-state index contributed by atoms with van der Waals surface area (Å²) in [6.45, 7) is 6.37. The number of phenolic OH excluding ortho intramolecular Hbond substituents is 1. The van der Waals surface area contributed by atoms with E-state index in [1.807, 2.05) is 24.4 Å². The Bertz CT molecular complexity index is 527. The Balaban J connectivity index is 1.81. The highest BCUT2D eigenvalue weighted by molar-refractivity contribution is 5.84. The van der Waals surface area contributed by atoms with Crippen molar-refractivity contribution in [2.24, 2.45) is 16.8 Å². The van der Waals surface area contributed by atoms with Gasteiger partial charge >= 0.3 is 0 Å². The second-order valence-electron chi connectivity index (χ2n) is 7.51. The number of hydrogen-bond donors (Lipinski definition) is 1. The third kappa shape index (κ3) is 2.48. The van der Waals surface area contributed by atoms with Gasteiger partial charge in [0.05, 0.1) is 6.04 Å². The molecule has 0 aliphatic heterocycles. The lowest BCUT2D eigenvalue weighted by Crippen LogP contribution is -2.14. The highest BCUT2D eigenvalue weighted by Gasteiger charge is 2.39. The Hall–Kier alpha value is -1.31. The second-order valence-corrected chi connectivity index (χ2v) is 7.51. The largest absolute Gasteiger partial charge is 0.507 e. The average Bonchev–Trinajstić information content (AvgIpc) is 2.98. The van der Waals surface area contributed by atoms with Crippen molar-refractivity contribution in [3.8, 4) is 5.75 Å². The Labute approximate surface area is 121 Å². The van der Waals surface area contributed by atoms with Gasteiger partial charge in [0.2, 0.25) is 0 Å². The van der Waals surface area contributed by atoms with Crippen LogP contribution < -0.4 is 0 Å². The number of aliphatic imine (C=N–C) groups is 1. The monoisotopic (exact) mass is 271 g/mol. The molecule has 2 heteroatoms. The summed E-state index contributed by atoms with van der Waals surface area (Å²) in [4.78, 5) is 4.78. The summed E-state index contributed by atoms with van der Waals surface area (Å²) in [5.74, 6) is 2.10. The van der Waals surface area contributed by atoms with E-state index in [0.717, 1.165) is 23.0 Å². The predicted octanol–water partition coefficient (Wildman–Crippen LogP) is 4.30. The van der Waals surface area contributed by atoms with E-state index in [1.165, 1.54) is 25.7 Å². The fourth-order valence-corrected chi connectivity index (χ4v) is 3.84. The SMILES string of the molecule is CC(C)(C)c1cccc(C=NC2CC3CCC2C3)c1O. The van der Waals surface area contributed by atoms with E-state index in [-0.39, 0.29) is 5.41 Å². The van der Waals surface area contributed by atoms with Crippen molar-refractivity contribution in [3.63, 3.8) is 0 Å². The molecule has 3 atom stereocenters. The van der Waals surface area contributed by atoms with Gasteiger partial charge in [-0.15, -0.1) is 0 Å². The fraction of sp³-hybridized carbons (Fsp3) is 0.611. The topological polar surface area (TPSA) is 32.6 Å². The van der Waals surface area contributed by atoms with E-state index in [4.69, 9.17) is 4.99 Å². The van der Waals surface area contributed by atoms with Crippen LogP contribution in [0, 0.1) is 11.8 Å². The first-order valence-corrected chi connectivity index (χ1v) is 7.81. The third-order valence-electron chi connectivity index (χ3n) is 4.98. The number of benzene rings is 1. The van der Waals surface area contributed by atoms with Gasteiger partial charge in [0, 0.05) is 11.8 Å². The van der Waals surface area contributed by atoms with Crippen molar-refractivity contribution >= 4 is 6.21 Å². The lowest BCUT2D eigenvalue weighted by atomic mass is 9.85. The molecule has 2 nitrogen and oxygen atoms in total. The van der Waals surface area contributed by atoms with E-state index in [9.17, 15) is 5.11 Å². The molecule has 2 saturated carbocycles. The maximum atomic E-state index is 10.4. The van der Waals surface area contributed by atoms with Crippen molar-refractivity contribution < 1.29 is 5.11 Å². The second kappa shape index (κ2) is 4.91. The molecule has 0 saturated heterocycles. The number of para-hydroxylation sites is 1. The smallest absolute Gasteiger partial charge is 0.128 e. The standard InChI is InChI=1S/C18H25NO/c1-18(2,3)15-6-4-5-14(17(15)20)11-19-16-10-12-7-8-13(16)9-12/h4-6,11-13,16,20H,7-10H2,1-3H3. The van der Waals surface area contributed by atoms with E-state index in [1.54, 1.807) is 0 Å². The maximum Gasteiger partial charge on any atom is 0.128 e. The van der Waals surface area contributed by atoms with Crippen molar-refractivity contribution in [1.82, 2.24) is 0 Å². The summed E-state index contributed by atoms with van der Waals surface area (Å²) >= 11 is 0. The number of fused-ring (bicyclic) bond motifs is 2. The summed E-state index contributed by atoms with van der Waals surface area (Å²) in [7, 11) is 0. The molecule has 2 bridgehead atoms. The van der Waals surface area contributed by atoms with Gasteiger partial charge in [-0.1, -0.05) is 39.3 Å². The molecule has 1 aromatic rings. The average molecular weight is 271 g/mol. The molecule has 2 fully saturated rings. The van der Waals surface area contributed by atoms with Crippen LogP contribution in [0.1, 0.15) is 57.6 Å². The summed E-state index contributed by atoms with van der Waals surface area (Å²) in [5.41, 5.74) is 1.81. The fourth-order valence-electron chi connectivity index (χ4n) is 3.84. The van der Waals surface area contributed by atoms with Crippen LogP contribution in [0.25, 0.3) is 0 Å². The Morgan fingerprint density at radius 3 is 2.60 bits per heavy atom. The van der Waals surface area contributed by atoms with Crippen LogP contribution in [0.3, 0.4) is 0 Å². The summed E-state index contributed by atoms with van der Waals surface area (Å²) in [6, 6.07) is 6.47. The highest BCUT2D eigenvalue weighted by Crippen LogP contribution is 2.46. The third-order valence-corrected chi connectivity index (χ3v) is 4.98. The van der Waals surface area contributed by atoms with Gasteiger partial charge in [-0.05, 0) is 48.1 Å². The summed E-state index contributed by atoms with van der Waals surface area (Å²) in [6.07, 6.45) is 7.27. The van der Waals surface area contributed by atoms with Crippen LogP contribution in [-0.4, -0.2) is 17.4 Å². The molecule has 108 valence electrons. The first-order chi connectivity index (χ1) is 9.45. The zero-order chi connectivity index (χ0) is 14.3. The van der Waals surface area contributed by atoms with Crippen LogP contribution in [-0.2, 0) is 5.41 Å². The number of phenols is 1. The maximum absolute atomic E-state index is 10.4. The first kappa shape index (κ1) is 13.7. The number of aromatic hydroxyl groups is 1. The Kier molecular flexibility index (Phi) is 3.35. The summed E-state index contributed by atoms with van der Waals surface area (Å²) in [5, 5.41) is 10.4. The molecule has 2 aliphatic rings. The number of nitrogens with zero attached hydrogens (tertiary/aromatic N) is 1. The van der Waals surface area contributed by atoms with Gasteiger partial charge in [-0.2, -0.15) is 0 Å². The number of hydrogen-bond acceptors (Lipinski definition) is 2. The lowest BCUT2D eigenvalue weighted by Gasteiger charge is -2.21. The van der Waals surface area contributed by atoms with Crippen molar-refractivity contribution in [2.75, 3.05) is 0 Å². The molecule has 0 spiro atoms. The van der Waals surface area contributed by atoms with Gasteiger partial charge in [-0.25, -0.2) is 0 Å². The van der Waals surface area contributed by atoms with Crippen LogP contribution in [0.2, 0.25) is 0 Å². The van der Waals surface area contributed by atoms with Gasteiger partial charge in [0.25, 0.3) is 0 Å². The molecular formula is C18H25NO. The van der Waals surface area contributed by atoms with Crippen LogP contribution in [0.5, 0.6) is 5.75 Å². The van der Waals surface area contributed by atoms with Crippen molar-refractivity contribution in [1.29, 1.82) is 0 Å². The minimum absolute atomic E-state index is 0.0413. The van der Waals surface area contributed by atoms with Crippen LogP contribution in [0.15, 0.2) is 23.2 Å². The Morgan fingerprint density at radius 1 is 1.20 bits per heavy atom. The van der Waals surface area contributed by atoms with Crippen molar-refractivity contribution in [2.45, 2.75) is 57.9 Å². The zero-order valence-corrected chi connectivity index (χ0v) is 12.8. The highest BCUT2D eigenvalue weighted by atomic mass is 16.3. The molecule has 0 amide bonds. The molecule has 1 aromatic carbocycles. The van der Waals surface area contributed by atoms with Gasteiger partial charge < -0.3 is 5.11 Å². The zero-order valence-electron chi connectivity index (χ0n) is 12.8. The minimum atomic E-state index is -0.0413. The van der Waals surface area contributed by atoms with Crippen LogP contribution >= 0.6 is 0 Å². The van der Waals surface area contributed by atoms with E-state index in [0.29, 0.717) is 11.8 Å². The minimum Gasteiger partial charge on any atom is -0.507 e. The Morgan fingerprint density at radius 2 is 2.00 bits per heavy atom. The van der Waals surface area contributed by atoms with Crippen LogP contribution in [0.4, 0.5) is 0 Å². The van der Waals surface area contributed by atoms with Gasteiger partial charge in [0.1, 0.15) is 5.75 Å². The first-order valence-electron chi connectivity index (χ1n) is 7.81. The lowest BCUT2D eigenvalue weighted by molar-refractivity contribution is 0.421. The van der Waals surface area contributed by atoms with Gasteiger partial charge in [-0.3, -0.25) is 4.99 Å². The van der Waals surface area contributed by atoms with E-state index >= 15 is 0 Å². The van der Waals surface area contributed by atoms with E-state index < -0.39 is 0 Å². The summed E-state index contributed by atoms with van der Waals surface area (Å²) < 4.78 is 0. The van der Waals surface area contributed by atoms with Gasteiger partial charge in [0.15, 0.2) is 0 Å². The van der Waals surface area contributed by atoms with E-state index in [2.05, 4.69) is 20.8 Å². The molecule has 3 rings (SSSR count). The molecular weight excluding hydrogens is 246 g/mol. The molecule has 0 aromatic heterocycles. The molecule has 2 aliphatic carbocycles. The van der Waals surface area contributed by atoms with Crippen molar-refractivity contribution in [3.05, 3.63) is 29.3 Å². The normalized spacial score (nSPS) is 29.4. The molecule has 0 radical (unpaired) electrons. The molecule has 20 heavy (non-hydrogen) atoms. The quantitative estimate of drug-likeness (QED) is 0.799. The molecule has 0 heterocycles. The molecule has 3 unspecified atom stereocenters. The predicted molar refractivity (Wildman–Crippen MR) is 83.6 cm³/mol. The number of rotatable bonds is 2. The molecule has 1 N–H and O–H groups in total.